The second kappa shape index (κ2) is 12.5. The highest BCUT2D eigenvalue weighted by molar-refractivity contribution is 5.47. The van der Waals surface area contributed by atoms with Gasteiger partial charge in [-0.05, 0) is 52.5 Å². The fourth-order valence-corrected chi connectivity index (χ4v) is 4.05. The number of carbonyl (C=O) groups excluding carboxylic acids is 1. The number of rotatable bonds is 8. The van der Waals surface area contributed by atoms with Gasteiger partial charge in [0.2, 0.25) is 12.3 Å². The molecule has 0 unspecified atom stereocenters. The van der Waals surface area contributed by atoms with Crippen LogP contribution in [-0.2, 0) is 4.79 Å². The van der Waals surface area contributed by atoms with E-state index in [2.05, 4.69) is 45.8 Å². The molecule has 1 fully saturated rings. The van der Waals surface area contributed by atoms with E-state index in [4.69, 9.17) is 4.42 Å². The average molecular weight is 431 g/mol. The van der Waals surface area contributed by atoms with Crippen LogP contribution in [0.5, 0.6) is 0 Å². The maximum Gasteiger partial charge on any atom is 0.267 e. The Kier molecular flexibility index (Phi) is 10.0. The smallest absolute Gasteiger partial charge is 0.267 e. The van der Waals surface area contributed by atoms with E-state index < -0.39 is 0 Å². The monoisotopic (exact) mass is 430 g/mol. The van der Waals surface area contributed by atoms with Crippen LogP contribution >= 0.6 is 0 Å². The fourth-order valence-electron chi connectivity index (χ4n) is 4.05. The van der Waals surface area contributed by atoms with Crippen molar-refractivity contribution in [3.63, 3.8) is 0 Å². The summed E-state index contributed by atoms with van der Waals surface area (Å²) in [7, 11) is 0. The van der Waals surface area contributed by atoms with Crippen LogP contribution in [0, 0.1) is 20.8 Å². The van der Waals surface area contributed by atoms with Gasteiger partial charge >= 0.3 is 0 Å². The minimum Gasteiger partial charge on any atom is -0.420 e. The number of aryl methyl sites for hydroxylation is 3. The van der Waals surface area contributed by atoms with Gasteiger partial charge in [0.1, 0.15) is 5.69 Å². The fraction of sp³-hybridized carbons (Fsp3) is 0.696. The lowest BCUT2D eigenvalue weighted by Gasteiger charge is -2.41. The van der Waals surface area contributed by atoms with Crippen LogP contribution in [-0.4, -0.2) is 68.1 Å². The van der Waals surface area contributed by atoms with E-state index >= 15 is 0 Å². The van der Waals surface area contributed by atoms with E-state index in [1.54, 1.807) is 13.1 Å². The van der Waals surface area contributed by atoms with Crippen LogP contribution in [0.4, 0.5) is 0 Å². The standard InChI is InChI=1S/C14H28N2O.C9H10N4O/c1-4-9-16(13(5-2)6-3)14-7-10-15(12-17)11-8-14;1-5-6(2)11-8(4-10-5)9-13-12-7(3)14-9/h12-14H,4-11H2,1-3H3;4H,1-3H3. The molecule has 31 heavy (non-hydrogen) atoms. The molecule has 0 bridgehead atoms. The van der Waals surface area contributed by atoms with E-state index in [0.29, 0.717) is 23.5 Å². The molecule has 0 spiro atoms. The van der Waals surface area contributed by atoms with Gasteiger partial charge in [-0.1, -0.05) is 20.8 Å². The van der Waals surface area contributed by atoms with Crippen molar-refractivity contribution in [2.75, 3.05) is 19.6 Å². The summed E-state index contributed by atoms with van der Waals surface area (Å²) in [6.45, 7) is 15.5. The number of piperidine rings is 1. The first-order chi connectivity index (χ1) is 14.9. The number of likely N-dealkylation sites (tertiary alicyclic amines) is 1. The van der Waals surface area contributed by atoms with Crippen LogP contribution in [0.15, 0.2) is 10.6 Å². The van der Waals surface area contributed by atoms with Gasteiger partial charge in [0, 0.05) is 32.1 Å². The van der Waals surface area contributed by atoms with Crippen molar-refractivity contribution in [2.24, 2.45) is 0 Å². The van der Waals surface area contributed by atoms with Crippen molar-refractivity contribution in [1.29, 1.82) is 0 Å². The molecule has 8 nitrogen and oxygen atoms in total. The van der Waals surface area contributed by atoms with Crippen molar-refractivity contribution < 1.29 is 9.21 Å². The minimum absolute atomic E-state index is 0.415. The summed E-state index contributed by atoms with van der Waals surface area (Å²) in [5.74, 6) is 0.943. The molecule has 172 valence electrons. The molecule has 1 amide bonds. The Morgan fingerprint density at radius 2 is 1.81 bits per heavy atom. The second-order valence-electron chi connectivity index (χ2n) is 8.13. The summed E-state index contributed by atoms with van der Waals surface area (Å²) in [6, 6.07) is 1.42. The Morgan fingerprint density at radius 1 is 1.13 bits per heavy atom. The summed E-state index contributed by atoms with van der Waals surface area (Å²) in [6.07, 6.45) is 8.64. The van der Waals surface area contributed by atoms with Gasteiger partial charge in [0.15, 0.2) is 0 Å². The van der Waals surface area contributed by atoms with Gasteiger partial charge in [-0.2, -0.15) is 0 Å². The minimum atomic E-state index is 0.415. The maximum atomic E-state index is 10.7. The zero-order chi connectivity index (χ0) is 22.8. The molecule has 2 aromatic rings. The van der Waals surface area contributed by atoms with Crippen LogP contribution in [0.3, 0.4) is 0 Å². The molecule has 1 aliphatic rings. The predicted molar refractivity (Wildman–Crippen MR) is 122 cm³/mol. The Bertz CT molecular complexity index is 797. The summed E-state index contributed by atoms with van der Waals surface area (Å²) >= 11 is 0. The summed E-state index contributed by atoms with van der Waals surface area (Å²) < 4.78 is 5.24. The van der Waals surface area contributed by atoms with Crippen molar-refractivity contribution in [3.8, 4) is 11.6 Å². The molecule has 1 aliphatic heterocycles. The second-order valence-corrected chi connectivity index (χ2v) is 8.13. The maximum absolute atomic E-state index is 10.7. The largest absolute Gasteiger partial charge is 0.420 e. The lowest BCUT2D eigenvalue weighted by molar-refractivity contribution is -0.119. The first kappa shape index (κ1) is 24.9. The Labute approximate surface area is 186 Å². The molecule has 0 atom stereocenters. The van der Waals surface area contributed by atoms with Gasteiger partial charge in [-0.25, -0.2) is 4.98 Å². The van der Waals surface area contributed by atoms with E-state index in [9.17, 15) is 4.79 Å². The van der Waals surface area contributed by atoms with Crippen LogP contribution in [0.1, 0.15) is 70.2 Å². The first-order valence-electron chi connectivity index (χ1n) is 11.5. The van der Waals surface area contributed by atoms with Crippen molar-refractivity contribution >= 4 is 6.41 Å². The SMILES string of the molecule is CCCN(C(CC)CC)C1CCN(C=O)CC1.Cc1nnc(-c2cnc(C)c(C)n2)o1. The number of hydrogen-bond donors (Lipinski definition) is 0. The Hall–Kier alpha value is -2.35. The number of hydrogen-bond acceptors (Lipinski definition) is 7. The van der Waals surface area contributed by atoms with Gasteiger partial charge in [0.05, 0.1) is 17.6 Å². The zero-order valence-electron chi connectivity index (χ0n) is 20.0. The number of aromatic nitrogens is 4. The number of carbonyl (C=O) groups is 1. The molecule has 3 rings (SSSR count). The molecule has 8 heteroatoms. The third-order valence-corrected chi connectivity index (χ3v) is 5.95. The van der Waals surface area contributed by atoms with Crippen LogP contribution < -0.4 is 0 Å². The molecule has 0 radical (unpaired) electrons. The topological polar surface area (TPSA) is 88.2 Å². The van der Waals surface area contributed by atoms with Gasteiger partial charge in [0.25, 0.3) is 5.89 Å². The summed E-state index contributed by atoms with van der Waals surface area (Å²) in [5, 5.41) is 7.60. The zero-order valence-corrected chi connectivity index (χ0v) is 20.0. The molecule has 0 saturated carbocycles. The lowest BCUT2D eigenvalue weighted by Crippen LogP contribution is -2.48. The lowest BCUT2D eigenvalue weighted by atomic mass is 9.99. The highest BCUT2D eigenvalue weighted by Crippen LogP contribution is 2.21. The normalized spacial score (nSPS) is 14.6. The molecular weight excluding hydrogens is 392 g/mol. The average Bonchev–Trinajstić information content (AvgIpc) is 3.22. The van der Waals surface area contributed by atoms with E-state index in [1.165, 1.54) is 25.8 Å². The van der Waals surface area contributed by atoms with Gasteiger partial charge < -0.3 is 9.32 Å². The van der Waals surface area contributed by atoms with Gasteiger partial charge in [-0.3, -0.25) is 14.7 Å². The number of nitrogens with zero attached hydrogens (tertiary/aromatic N) is 6. The van der Waals surface area contributed by atoms with Gasteiger partial charge in [-0.15, -0.1) is 10.2 Å². The highest BCUT2D eigenvalue weighted by atomic mass is 16.4. The predicted octanol–water partition coefficient (Wildman–Crippen LogP) is 3.96. The van der Waals surface area contributed by atoms with Crippen molar-refractivity contribution in [1.82, 2.24) is 30.0 Å². The molecule has 3 heterocycles. The molecule has 0 aromatic carbocycles. The molecule has 1 saturated heterocycles. The van der Waals surface area contributed by atoms with Crippen LogP contribution in [0.25, 0.3) is 11.6 Å². The third-order valence-electron chi connectivity index (χ3n) is 5.95. The molecule has 0 aliphatic carbocycles. The molecule has 2 aromatic heterocycles. The Balaban J connectivity index is 0.000000224. The third kappa shape index (κ3) is 7.09. The molecule has 0 N–H and O–H groups in total. The number of amides is 1. The summed E-state index contributed by atoms with van der Waals surface area (Å²) in [4.78, 5) is 23.8. The van der Waals surface area contributed by atoms with E-state index in [0.717, 1.165) is 49.8 Å². The van der Waals surface area contributed by atoms with Crippen molar-refractivity contribution in [3.05, 3.63) is 23.5 Å². The molecular formula is C23H38N6O2. The van der Waals surface area contributed by atoms with Crippen molar-refractivity contribution in [2.45, 2.75) is 85.7 Å². The van der Waals surface area contributed by atoms with E-state index in [1.807, 2.05) is 18.7 Å². The van der Waals surface area contributed by atoms with Crippen LogP contribution in [0.2, 0.25) is 0 Å². The van der Waals surface area contributed by atoms with E-state index in [-0.39, 0.29) is 0 Å². The Morgan fingerprint density at radius 3 is 2.29 bits per heavy atom. The quantitative estimate of drug-likeness (QED) is 0.586. The summed E-state index contributed by atoms with van der Waals surface area (Å²) in [5.41, 5.74) is 2.40. The highest BCUT2D eigenvalue weighted by Gasteiger charge is 2.27. The first-order valence-corrected chi connectivity index (χ1v) is 11.5.